The Morgan fingerprint density at radius 1 is 1.00 bits per heavy atom. The average Bonchev–Trinajstić information content (AvgIpc) is 2.30. The van der Waals surface area contributed by atoms with Crippen molar-refractivity contribution >= 4 is 11.6 Å². The molecule has 0 aromatic heterocycles. The van der Waals surface area contributed by atoms with E-state index in [0.717, 1.165) is 5.02 Å². The minimum atomic E-state index is 0.153. The van der Waals surface area contributed by atoms with Gasteiger partial charge in [0.15, 0.2) is 0 Å². The van der Waals surface area contributed by atoms with Crippen LogP contribution in [0.4, 0.5) is 0 Å². The third-order valence-electron chi connectivity index (χ3n) is 4.74. The lowest BCUT2D eigenvalue weighted by Crippen LogP contribution is -2.53. The third-order valence-corrected chi connectivity index (χ3v) is 4.98. The van der Waals surface area contributed by atoms with Crippen LogP contribution in [0.5, 0.6) is 0 Å². The van der Waals surface area contributed by atoms with E-state index in [0.29, 0.717) is 5.41 Å². The monoisotopic (exact) mass is 235 g/mol. The maximum Gasteiger partial charge on any atom is 0.0408 e. The molecule has 1 nitrogen and oxygen atoms in total. The molecule has 1 aromatic rings. The van der Waals surface area contributed by atoms with Gasteiger partial charge in [0.2, 0.25) is 0 Å². The van der Waals surface area contributed by atoms with E-state index >= 15 is 0 Å². The Balaban J connectivity index is 1.95. The molecule has 4 rings (SSSR count). The first kappa shape index (κ1) is 10.6. The summed E-state index contributed by atoms with van der Waals surface area (Å²) in [5, 5.41) is 0.863. The quantitative estimate of drug-likeness (QED) is 0.790. The molecule has 0 amide bonds. The summed E-state index contributed by atoms with van der Waals surface area (Å²) in [5.74, 6) is 0. The van der Waals surface area contributed by atoms with Crippen LogP contribution in [0.1, 0.15) is 44.1 Å². The summed E-state index contributed by atoms with van der Waals surface area (Å²) in [6.45, 7) is 0. The summed E-state index contributed by atoms with van der Waals surface area (Å²) in [4.78, 5) is 0. The van der Waals surface area contributed by atoms with Crippen molar-refractivity contribution in [1.29, 1.82) is 0 Å². The maximum atomic E-state index is 6.34. The van der Waals surface area contributed by atoms with Crippen molar-refractivity contribution in [2.24, 2.45) is 5.73 Å². The topological polar surface area (TPSA) is 26.0 Å². The molecule has 2 N–H and O–H groups in total. The van der Waals surface area contributed by atoms with Gasteiger partial charge in [-0.15, -0.1) is 0 Å². The average molecular weight is 236 g/mol. The van der Waals surface area contributed by atoms with Gasteiger partial charge >= 0.3 is 0 Å². The molecular weight excluding hydrogens is 218 g/mol. The van der Waals surface area contributed by atoms with E-state index in [-0.39, 0.29) is 5.54 Å². The first-order valence-corrected chi connectivity index (χ1v) is 6.55. The van der Waals surface area contributed by atoms with Crippen molar-refractivity contribution in [2.75, 3.05) is 0 Å². The normalized spacial score (nSPS) is 37.6. The fourth-order valence-electron chi connectivity index (χ4n) is 3.47. The molecule has 0 spiro atoms. The Kier molecular flexibility index (Phi) is 2.31. The van der Waals surface area contributed by atoms with Crippen LogP contribution in [0.25, 0.3) is 0 Å². The molecule has 0 heterocycles. The van der Waals surface area contributed by atoms with Gasteiger partial charge in [-0.2, -0.15) is 0 Å². The molecule has 3 aliphatic carbocycles. The highest BCUT2D eigenvalue weighted by Crippen LogP contribution is 2.52. The molecule has 1 aromatic carbocycles. The number of fused-ring (bicyclic) bond motifs is 3. The molecular formula is C14H18ClN. The standard InChI is InChI=1S/C14H18ClN/c15-12-3-1-2-11(10-12)13-4-7-14(16,8-5-13)9-6-13/h1-3,10H,4-9,16H2. The highest BCUT2D eigenvalue weighted by Gasteiger charge is 2.47. The summed E-state index contributed by atoms with van der Waals surface area (Å²) < 4.78 is 0. The van der Waals surface area contributed by atoms with E-state index in [1.807, 2.05) is 6.07 Å². The van der Waals surface area contributed by atoms with E-state index in [1.54, 1.807) is 0 Å². The molecule has 3 aliphatic rings. The van der Waals surface area contributed by atoms with Gasteiger partial charge < -0.3 is 5.73 Å². The molecule has 3 fully saturated rings. The van der Waals surface area contributed by atoms with Crippen molar-refractivity contribution in [2.45, 2.75) is 49.5 Å². The van der Waals surface area contributed by atoms with Gasteiger partial charge in [0, 0.05) is 10.6 Å². The zero-order valence-corrected chi connectivity index (χ0v) is 10.3. The van der Waals surface area contributed by atoms with E-state index in [9.17, 15) is 0 Å². The first-order valence-electron chi connectivity index (χ1n) is 6.17. The molecule has 86 valence electrons. The Morgan fingerprint density at radius 2 is 1.62 bits per heavy atom. The second kappa shape index (κ2) is 3.48. The van der Waals surface area contributed by atoms with Crippen molar-refractivity contribution < 1.29 is 0 Å². The van der Waals surface area contributed by atoms with E-state index < -0.39 is 0 Å². The lowest BCUT2D eigenvalue weighted by molar-refractivity contribution is 0.107. The number of hydrogen-bond acceptors (Lipinski definition) is 1. The molecule has 0 atom stereocenters. The van der Waals surface area contributed by atoms with Crippen LogP contribution >= 0.6 is 11.6 Å². The smallest absolute Gasteiger partial charge is 0.0408 e. The number of nitrogens with two attached hydrogens (primary N) is 1. The van der Waals surface area contributed by atoms with Gasteiger partial charge in [-0.05, 0) is 61.6 Å². The number of benzene rings is 1. The summed E-state index contributed by atoms with van der Waals surface area (Å²) in [6, 6.07) is 8.42. The van der Waals surface area contributed by atoms with Crippen molar-refractivity contribution in [3.05, 3.63) is 34.9 Å². The molecule has 0 radical (unpaired) electrons. The first-order chi connectivity index (χ1) is 7.62. The van der Waals surface area contributed by atoms with Gasteiger partial charge in [0.25, 0.3) is 0 Å². The highest BCUT2D eigenvalue weighted by molar-refractivity contribution is 6.30. The summed E-state index contributed by atoms with van der Waals surface area (Å²) in [7, 11) is 0. The summed E-state index contributed by atoms with van der Waals surface area (Å²) >= 11 is 6.10. The van der Waals surface area contributed by atoms with Gasteiger partial charge in [0.1, 0.15) is 0 Å². The maximum absolute atomic E-state index is 6.34. The minimum Gasteiger partial charge on any atom is -0.325 e. The molecule has 0 saturated heterocycles. The van der Waals surface area contributed by atoms with Crippen LogP contribution in [0.2, 0.25) is 5.02 Å². The van der Waals surface area contributed by atoms with Gasteiger partial charge in [-0.25, -0.2) is 0 Å². The molecule has 16 heavy (non-hydrogen) atoms. The van der Waals surface area contributed by atoms with Crippen molar-refractivity contribution in [1.82, 2.24) is 0 Å². The minimum absolute atomic E-state index is 0.153. The van der Waals surface area contributed by atoms with Crippen LogP contribution in [-0.2, 0) is 5.41 Å². The van der Waals surface area contributed by atoms with Crippen LogP contribution in [0.3, 0.4) is 0 Å². The fraction of sp³-hybridized carbons (Fsp3) is 0.571. The van der Waals surface area contributed by atoms with E-state index in [1.165, 1.54) is 44.1 Å². The number of hydrogen-bond donors (Lipinski definition) is 1. The summed E-state index contributed by atoms with van der Waals surface area (Å²) in [5.41, 5.74) is 8.30. The van der Waals surface area contributed by atoms with Crippen molar-refractivity contribution in [3.63, 3.8) is 0 Å². The second-order valence-corrected chi connectivity index (χ2v) is 6.09. The van der Waals surface area contributed by atoms with Crippen LogP contribution in [-0.4, -0.2) is 5.54 Å². The van der Waals surface area contributed by atoms with Crippen molar-refractivity contribution in [3.8, 4) is 0 Å². The zero-order chi connectivity index (χ0) is 11.2. The lowest BCUT2D eigenvalue weighted by atomic mass is 9.55. The SMILES string of the molecule is NC12CCC(c3cccc(Cl)c3)(CC1)CC2. The van der Waals surface area contributed by atoms with Crippen LogP contribution in [0, 0.1) is 0 Å². The Bertz CT molecular complexity index is 388. The number of halogens is 1. The zero-order valence-electron chi connectivity index (χ0n) is 9.51. The largest absolute Gasteiger partial charge is 0.325 e. The van der Waals surface area contributed by atoms with E-state index in [2.05, 4.69) is 18.2 Å². The van der Waals surface area contributed by atoms with Gasteiger partial charge in [-0.1, -0.05) is 23.7 Å². The lowest BCUT2D eigenvalue weighted by Gasteiger charge is -2.52. The Labute approximate surface area is 102 Å². The predicted octanol–water partition coefficient (Wildman–Crippen LogP) is 3.64. The van der Waals surface area contributed by atoms with Crippen LogP contribution < -0.4 is 5.73 Å². The third kappa shape index (κ3) is 1.57. The Hall–Kier alpha value is -0.530. The Morgan fingerprint density at radius 3 is 2.19 bits per heavy atom. The van der Waals surface area contributed by atoms with Gasteiger partial charge in [0.05, 0.1) is 0 Å². The van der Waals surface area contributed by atoms with Gasteiger partial charge in [-0.3, -0.25) is 0 Å². The molecule has 0 unspecified atom stereocenters. The molecule has 0 aliphatic heterocycles. The highest BCUT2D eigenvalue weighted by atomic mass is 35.5. The number of rotatable bonds is 1. The fourth-order valence-corrected chi connectivity index (χ4v) is 3.66. The van der Waals surface area contributed by atoms with Crippen LogP contribution in [0.15, 0.2) is 24.3 Å². The second-order valence-electron chi connectivity index (χ2n) is 5.65. The van der Waals surface area contributed by atoms with E-state index in [4.69, 9.17) is 17.3 Å². The predicted molar refractivity (Wildman–Crippen MR) is 67.8 cm³/mol. The molecule has 2 heteroatoms. The molecule has 3 saturated carbocycles. The summed E-state index contributed by atoms with van der Waals surface area (Å²) in [6.07, 6.45) is 7.26. The molecule has 2 bridgehead atoms.